The number of ether oxygens (including phenoxy) is 1. The van der Waals surface area contributed by atoms with Crippen molar-refractivity contribution in [2.45, 2.75) is 17.6 Å². The van der Waals surface area contributed by atoms with Gasteiger partial charge < -0.3 is 4.74 Å². The number of thiazole rings is 1. The zero-order valence-electron chi connectivity index (χ0n) is 11.1. The number of carbonyl (C=O) groups excluding carboxylic acids is 1. The van der Waals surface area contributed by atoms with E-state index in [4.69, 9.17) is 27.9 Å². The van der Waals surface area contributed by atoms with Gasteiger partial charge in [-0.3, -0.25) is 9.52 Å². The van der Waals surface area contributed by atoms with Crippen LogP contribution in [-0.2, 0) is 26.0 Å². The van der Waals surface area contributed by atoms with E-state index in [1.165, 1.54) is 6.07 Å². The van der Waals surface area contributed by atoms with Gasteiger partial charge in [0, 0.05) is 5.38 Å². The van der Waals surface area contributed by atoms with Crippen LogP contribution in [0.3, 0.4) is 0 Å². The van der Waals surface area contributed by atoms with Crippen LogP contribution in [0.25, 0.3) is 0 Å². The van der Waals surface area contributed by atoms with Crippen molar-refractivity contribution in [3.63, 3.8) is 0 Å². The zero-order chi connectivity index (χ0) is 16.3. The summed E-state index contributed by atoms with van der Waals surface area (Å²) in [6, 6.07) is 1.27. The fraction of sp³-hybridized carbons (Fsp3) is 0.273. The Morgan fingerprint density at radius 1 is 1.45 bits per heavy atom. The highest BCUT2D eigenvalue weighted by molar-refractivity contribution is 7.95. The Kier molecular flexibility index (Phi) is 5.67. The molecule has 0 atom stereocenters. The molecule has 1 N–H and O–H groups in total. The Labute approximate surface area is 145 Å². The molecule has 2 aromatic heterocycles. The number of esters is 1. The van der Waals surface area contributed by atoms with Gasteiger partial charge in [-0.05, 0) is 13.0 Å². The lowest BCUT2D eigenvalue weighted by atomic mass is 10.3. The molecule has 2 heterocycles. The lowest BCUT2D eigenvalue weighted by molar-refractivity contribution is -0.142. The molecule has 2 aromatic rings. The number of nitrogens with zero attached hydrogens (tertiary/aromatic N) is 1. The zero-order valence-corrected chi connectivity index (χ0v) is 15.1. The topological polar surface area (TPSA) is 85.4 Å². The molecule has 0 saturated carbocycles. The second-order valence-electron chi connectivity index (χ2n) is 3.92. The van der Waals surface area contributed by atoms with Crippen molar-refractivity contribution in [3.8, 4) is 0 Å². The van der Waals surface area contributed by atoms with Gasteiger partial charge in [0.05, 0.1) is 23.7 Å². The van der Waals surface area contributed by atoms with E-state index in [9.17, 15) is 13.2 Å². The van der Waals surface area contributed by atoms with Crippen LogP contribution in [0.1, 0.15) is 12.6 Å². The smallest absolute Gasteiger partial charge is 0.311 e. The Bertz CT molecular complexity index is 766. The quantitative estimate of drug-likeness (QED) is 0.750. The van der Waals surface area contributed by atoms with Crippen molar-refractivity contribution in [1.82, 2.24) is 4.98 Å². The van der Waals surface area contributed by atoms with Gasteiger partial charge in [-0.25, -0.2) is 13.4 Å². The SMILES string of the molecule is CCOC(=O)Cc1csc(NS(=O)(=O)c2cc(Cl)c(Cl)s2)n1. The van der Waals surface area contributed by atoms with Gasteiger partial charge in [0.2, 0.25) is 0 Å². The molecule has 0 radical (unpaired) electrons. The van der Waals surface area contributed by atoms with Gasteiger partial charge in [0.15, 0.2) is 5.13 Å². The number of anilines is 1. The van der Waals surface area contributed by atoms with Crippen LogP contribution < -0.4 is 4.72 Å². The molecular weight excluding hydrogens is 391 g/mol. The molecule has 0 bridgehead atoms. The van der Waals surface area contributed by atoms with Crippen LogP contribution in [0, 0.1) is 0 Å². The Balaban J connectivity index is 2.10. The van der Waals surface area contributed by atoms with E-state index >= 15 is 0 Å². The summed E-state index contributed by atoms with van der Waals surface area (Å²) in [5, 5.41) is 1.91. The van der Waals surface area contributed by atoms with E-state index in [0.717, 1.165) is 22.7 Å². The van der Waals surface area contributed by atoms with E-state index in [-0.39, 0.29) is 31.7 Å². The fourth-order valence-electron chi connectivity index (χ4n) is 1.42. The molecule has 11 heteroatoms. The Morgan fingerprint density at radius 2 is 2.18 bits per heavy atom. The first kappa shape index (κ1) is 17.5. The highest BCUT2D eigenvalue weighted by Gasteiger charge is 2.21. The molecule has 0 aliphatic carbocycles. The lowest BCUT2D eigenvalue weighted by Crippen LogP contribution is -2.12. The highest BCUT2D eigenvalue weighted by atomic mass is 35.5. The Morgan fingerprint density at radius 3 is 2.77 bits per heavy atom. The molecule has 0 saturated heterocycles. The van der Waals surface area contributed by atoms with E-state index < -0.39 is 16.0 Å². The van der Waals surface area contributed by atoms with E-state index in [1.807, 2.05) is 0 Å². The minimum atomic E-state index is -3.81. The number of sulfonamides is 1. The third kappa shape index (κ3) is 4.32. The minimum Gasteiger partial charge on any atom is -0.466 e. The van der Waals surface area contributed by atoms with Gasteiger partial charge in [0.1, 0.15) is 8.55 Å². The van der Waals surface area contributed by atoms with Crippen LogP contribution >= 0.6 is 45.9 Å². The number of aromatic nitrogens is 1. The molecule has 6 nitrogen and oxygen atoms in total. The molecule has 0 aliphatic heterocycles. The largest absolute Gasteiger partial charge is 0.466 e. The van der Waals surface area contributed by atoms with Crippen molar-refractivity contribution in [2.24, 2.45) is 0 Å². The molecule has 0 aliphatic rings. The van der Waals surface area contributed by atoms with Gasteiger partial charge in [-0.2, -0.15) is 0 Å². The molecule has 22 heavy (non-hydrogen) atoms. The molecule has 0 spiro atoms. The maximum atomic E-state index is 12.2. The number of thiophene rings is 1. The number of rotatable bonds is 6. The highest BCUT2D eigenvalue weighted by Crippen LogP contribution is 2.35. The summed E-state index contributed by atoms with van der Waals surface area (Å²) in [5.74, 6) is -0.418. The summed E-state index contributed by atoms with van der Waals surface area (Å²) >= 11 is 13.4. The van der Waals surface area contributed by atoms with E-state index in [1.54, 1.807) is 12.3 Å². The third-order valence-electron chi connectivity index (χ3n) is 2.29. The number of hydrogen-bond donors (Lipinski definition) is 1. The fourth-order valence-corrected chi connectivity index (χ4v) is 5.26. The average molecular weight is 401 g/mol. The van der Waals surface area contributed by atoms with Crippen molar-refractivity contribution in [1.29, 1.82) is 0 Å². The van der Waals surface area contributed by atoms with Crippen molar-refractivity contribution in [2.75, 3.05) is 11.3 Å². The lowest BCUT2D eigenvalue weighted by Gasteiger charge is -2.01. The van der Waals surface area contributed by atoms with Crippen LogP contribution in [0.5, 0.6) is 0 Å². The van der Waals surface area contributed by atoms with Crippen LogP contribution in [0.2, 0.25) is 9.36 Å². The Hall–Kier alpha value is -0.870. The summed E-state index contributed by atoms with van der Waals surface area (Å²) in [7, 11) is -3.81. The molecule has 0 unspecified atom stereocenters. The van der Waals surface area contributed by atoms with Crippen LogP contribution in [-0.4, -0.2) is 26.0 Å². The second-order valence-corrected chi connectivity index (χ2v) is 8.75. The maximum Gasteiger partial charge on any atom is 0.311 e. The van der Waals surface area contributed by atoms with Crippen LogP contribution in [0.15, 0.2) is 15.7 Å². The van der Waals surface area contributed by atoms with Gasteiger partial charge >= 0.3 is 5.97 Å². The summed E-state index contributed by atoms with van der Waals surface area (Å²) in [4.78, 5) is 15.4. The van der Waals surface area contributed by atoms with E-state index in [2.05, 4.69) is 9.71 Å². The molecule has 0 aromatic carbocycles. The third-order valence-corrected chi connectivity index (χ3v) is 6.91. The standard InChI is InChI=1S/C11H10Cl2N2O4S3/c1-2-19-8(16)3-6-5-20-11(14-6)15-22(17,18)9-4-7(12)10(13)21-9/h4-5H,2-3H2,1H3,(H,14,15). The summed E-state index contributed by atoms with van der Waals surface area (Å²) in [5.41, 5.74) is 0.434. The maximum absolute atomic E-state index is 12.2. The first-order valence-electron chi connectivity index (χ1n) is 5.89. The predicted octanol–water partition coefficient (Wildman–Crippen LogP) is 3.42. The minimum absolute atomic E-state index is 0.00959. The number of carbonyl (C=O) groups is 1. The average Bonchev–Trinajstić information content (AvgIpc) is 2.97. The molecule has 2 rings (SSSR count). The van der Waals surface area contributed by atoms with Crippen molar-refractivity contribution >= 4 is 67.0 Å². The van der Waals surface area contributed by atoms with Gasteiger partial charge in [0.25, 0.3) is 10.0 Å². The second kappa shape index (κ2) is 7.14. The molecular formula is C11H10Cl2N2O4S3. The van der Waals surface area contributed by atoms with Gasteiger partial charge in [-0.1, -0.05) is 23.2 Å². The van der Waals surface area contributed by atoms with Crippen molar-refractivity contribution in [3.05, 3.63) is 26.5 Å². The number of halogens is 2. The molecule has 120 valence electrons. The first-order chi connectivity index (χ1) is 10.3. The molecule has 0 fully saturated rings. The normalized spacial score (nSPS) is 11.4. The summed E-state index contributed by atoms with van der Waals surface area (Å²) in [6.45, 7) is 1.98. The monoisotopic (exact) mass is 400 g/mol. The summed E-state index contributed by atoms with van der Waals surface area (Å²) in [6.07, 6.45) is -0.0112. The molecule has 0 amide bonds. The van der Waals surface area contributed by atoms with Crippen LogP contribution in [0.4, 0.5) is 5.13 Å². The van der Waals surface area contributed by atoms with Crippen molar-refractivity contribution < 1.29 is 17.9 Å². The number of hydrogen-bond acceptors (Lipinski definition) is 7. The number of nitrogens with one attached hydrogen (secondary N) is 1. The summed E-state index contributed by atoms with van der Waals surface area (Å²) < 4.78 is 31.6. The van der Waals surface area contributed by atoms with Gasteiger partial charge in [-0.15, -0.1) is 22.7 Å². The van der Waals surface area contributed by atoms with E-state index in [0.29, 0.717) is 5.69 Å². The predicted molar refractivity (Wildman–Crippen MR) is 87.6 cm³/mol. The first-order valence-corrected chi connectivity index (χ1v) is 9.83.